The molecule has 0 saturated heterocycles. The molecule has 0 aliphatic carbocycles. The summed E-state index contributed by atoms with van der Waals surface area (Å²) in [6.45, 7) is 5.07. The van der Waals surface area contributed by atoms with E-state index < -0.39 is 17.9 Å². The highest BCUT2D eigenvalue weighted by atomic mass is 16.6. The van der Waals surface area contributed by atoms with Gasteiger partial charge < -0.3 is 9.47 Å². The van der Waals surface area contributed by atoms with E-state index in [0.717, 1.165) is 5.56 Å². The molecule has 0 aliphatic heterocycles. The molecule has 0 N–H and O–H groups in total. The van der Waals surface area contributed by atoms with E-state index in [0.29, 0.717) is 12.0 Å². The van der Waals surface area contributed by atoms with Crippen molar-refractivity contribution in [1.29, 1.82) is 0 Å². The van der Waals surface area contributed by atoms with Crippen LogP contribution in [0, 0.1) is 0 Å². The van der Waals surface area contributed by atoms with Crippen LogP contribution in [0.5, 0.6) is 0 Å². The largest absolute Gasteiger partial charge is 0.462 e. The van der Waals surface area contributed by atoms with Crippen LogP contribution in [0.3, 0.4) is 0 Å². The van der Waals surface area contributed by atoms with Crippen molar-refractivity contribution in [1.82, 2.24) is 0 Å². The number of rotatable bonds is 7. The van der Waals surface area contributed by atoms with Crippen molar-refractivity contribution in [2.45, 2.75) is 26.2 Å². The molecule has 0 aromatic heterocycles. The summed E-state index contributed by atoms with van der Waals surface area (Å²) in [6.07, 6.45) is 0.373. The Balaban J connectivity index is 2.20. The summed E-state index contributed by atoms with van der Waals surface area (Å²) in [4.78, 5) is 34.0. The zero-order chi connectivity index (χ0) is 15.7. The molecule has 0 spiro atoms. The molecule has 21 heavy (non-hydrogen) atoms. The van der Waals surface area contributed by atoms with Crippen molar-refractivity contribution in [2.75, 3.05) is 6.61 Å². The van der Waals surface area contributed by atoms with Crippen LogP contribution < -0.4 is 0 Å². The molecular weight excluding hydrogens is 272 g/mol. The van der Waals surface area contributed by atoms with E-state index in [1.165, 1.54) is 0 Å². The lowest BCUT2D eigenvalue weighted by atomic mass is 10.2. The van der Waals surface area contributed by atoms with E-state index in [9.17, 15) is 14.4 Å². The first kappa shape index (κ1) is 16.6. The normalized spacial score (nSPS) is 9.76. The number of ether oxygens (including phenoxy) is 2. The number of benzene rings is 1. The zero-order valence-corrected chi connectivity index (χ0v) is 12.0. The Morgan fingerprint density at radius 1 is 1.10 bits per heavy atom. The highest BCUT2D eigenvalue weighted by Gasteiger charge is 2.11. The number of carbonyl (C=O) groups excluding carboxylic acids is 3. The van der Waals surface area contributed by atoms with E-state index in [1.54, 1.807) is 31.2 Å². The van der Waals surface area contributed by atoms with Crippen molar-refractivity contribution in [3.63, 3.8) is 0 Å². The molecule has 0 saturated carbocycles. The first-order valence-electron chi connectivity index (χ1n) is 6.59. The Hall–Kier alpha value is -2.43. The molecule has 0 aliphatic rings. The molecule has 112 valence electrons. The highest BCUT2D eigenvalue weighted by molar-refractivity contribution is 5.87. The SMILES string of the molecule is C=C(C)C(=O)OCCCC(=O)OC(=O)Cc1ccccc1. The van der Waals surface area contributed by atoms with E-state index in [2.05, 4.69) is 11.3 Å². The molecule has 1 aromatic carbocycles. The Morgan fingerprint density at radius 3 is 2.38 bits per heavy atom. The van der Waals surface area contributed by atoms with Crippen LogP contribution in [-0.4, -0.2) is 24.5 Å². The zero-order valence-electron chi connectivity index (χ0n) is 12.0. The summed E-state index contributed by atoms with van der Waals surface area (Å²) in [5.74, 6) is -1.71. The van der Waals surface area contributed by atoms with Crippen LogP contribution in [0.25, 0.3) is 0 Å². The molecular formula is C16H18O5. The van der Waals surface area contributed by atoms with Crippen molar-refractivity contribution in [3.8, 4) is 0 Å². The molecule has 0 atom stereocenters. The van der Waals surface area contributed by atoms with E-state index in [4.69, 9.17) is 4.74 Å². The molecule has 1 rings (SSSR count). The molecule has 0 radical (unpaired) electrons. The first-order valence-corrected chi connectivity index (χ1v) is 6.59. The molecule has 0 fully saturated rings. The van der Waals surface area contributed by atoms with Crippen LogP contribution >= 0.6 is 0 Å². The second-order valence-electron chi connectivity index (χ2n) is 4.53. The van der Waals surface area contributed by atoms with Gasteiger partial charge in [0.1, 0.15) is 0 Å². The fourth-order valence-corrected chi connectivity index (χ4v) is 1.48. The van der Waals surface area contributed by atoms with Gasteiger partial charge in [-0.05, 0) is 18.9 Å². The molecule has 0 unspecified atom stereocenters. The van der Waals surface area contributed by atoms with Gasteiger partial charge in [-0.1, -0.05) is 36.9 Å². The number of carbonyl (C=O) groups is 3. The van der Waals surface area contributed by atoms with Crippen LogP contribution in [0.4, 0.5) is 0 Å². The first-order chi connectivity index (χ1) is 9.99. The minimum absolute atomic E-state index is 0.0179. The molecule has 0 amide bonds. The van der Waals surface area contributed by atoms with Crippen molar-refractivity contribution in [2.24, 2.45) is 0 Å². The molecule has 5 nitrogen and oxygen atoms in total. The summed E-state index contributed by atoms with van der Waals surface area (Å²) in [5, 5.41) is 0. The third-order valence-corrected chi connectivity index (χ3v) is 2.53. The minimum Gasteiger partial charge on any atom is -0.462 e. The van der Waals surface area contributed by atoms with Crippen molar-refractivity contribution in [3.05, 3.63) is 48.0 Å². The van der Waals surface area contributed by atoms with Gasteiger partial charge in [-0.25, -0.2) is 4.79 Å². The van der Waals surface area contributed by atoms with Gasteiger partial charge in [0.15, 0.2) is 0 Å². The van der Waals surface area contributed by atoms with Gasteiger partial charge in [-0.15, -0.1) is 0 Å². The second kappa shape index (κ2) is 8.68. The Bertz CT molecular complexity index is 519. The van der Waals surface area contributed by atoms with Gasteiger partial charge in [-0.3, -0.25) is 9.59 Å². The third-order valence-electron chi connectivity index (χ3n) is 2.53. The smallest absolute Gasteiger partial charge is 0.333 e. The maximum Gasteiger partial charge on any atom is 0.333 e. The van der Waals surface area contributed by atoms with Crippen LogP contribution in [0.2, 0.25) is 0 Å². The summed E-state index contributed by atoms with van der Waals surface area (Å²) >= 11 is 0. The summed E-state index contributed by atoms with van der Waals surface area (Å²) in [6, 6.07) is 9.01. The Kier molecular flexibility index (Phi) is 6.87. The molecule has 0 bridgehead atoms. The van der Waals surface area contributed by atoms with E-state index >= 15 is 0 Å². The van der Waals surface area contributed by atoms with Gasteiger partial charge in [-0.2, -0.15) is 0 Å². The third kappa shape index (κ3) is 7.06. The standard InChI is InChI=1S/C16H18O5/c1-12(2)16(19)20-10-6-9-14(17)21-15(18)11-13-7-4-3-5-8-13/h3-5,7-8H,1,6,9-11H2,2H3. The van der Waals surface area contributed by atoms with Gasteiger partial charge in [0.25, 0.3) is 0 Å². The Morgan fingerprint density at radius 2 is 1.76 bits per heavy atom. The number of hydrogen-bond donors (Lipinski definition) is 0. The maximum absolute atomic E-state index is 11.5. The van der Waals surface area contributed by atoms with Gasteiger partial charge in [0, 0.05) is 12.0 Å². The van der Waals surface area contributed by atoms with Gasteiger partial charge >= 0.3 is 17.9 Å². The predicted octanol–water partition coefficient (Wildman–Crippen LogP) is 2.20. The van der Waals surface area contributed by atoms with E-state index in [-0.39, 0.29) is 19.4 Å². The van der Waals surface area contributed by atoms with Crippen LogP contribution in [-0.2, 0) is 30.3 Å². The fourth-order valence-electron chi connectivity index (χ4n) is 1.48. The Labute approximate surface area is 123 Å². The number of esters is 3. The predicted molar refractivity (Wildman–Crippen MR) is 76.3 cm³/mol. The molecule has 5 heteroatoms. The van der Waals surface area contributed by atoms with Gasteiger partial charge in [0.05, 0.1) is 13.0 Å². The number of hydrogen-bond acceptors (Lipinski definition) is 5. The van der Waals surface area contributed by atoms with Crippen molar-refractivity contribution < 1.29 is 23.9 Å². The maximum atomic E-state index is 11.5. The average molecular weight is 290 g/mol. The lowest BCUT2D eigenvalue weighted by Gasteiger charge is -2.05. The van der Waals surface area contributed by atoms with Gasteiger partial charge in [0.2, 0.25) is 0 Å². The summed E-state index contributed by atoms with van der Waals surface area (Å²) < 4.78 is 9.50. The van der Waals surface area contributed by atoms with Crippen molar-refractivity contribution >= 4 is 17.9 Å². The topological polar surface area (TPSA) is 69.7 Å². The highest BCUT2D eigenvalue weighted by Crippen LogP contribution is 2.03. The minimum atomic E-state index is -0.623. The molecule has 0 heterocycles. The fraction of sp³-hybridized carbons (Fsp3) is 0.312. The van der Waals surface area contributed by atoms with E-state index in [1.807, 2.05) is 6.07 Å². The lowest BCUT2D eigenvalue weighted by Crippen LogP contribution is -2.15. The molecule has 1 aromatic rings. The quantitative estimate of drug-likeness (QED) is 0.333. The lowest BCUT2D eigenvalue weighted by molar-refractivity contribution is -0.159. The van der Waals surface area contributed by atoms with Crippen LogP contribution in [0.1, 0.15) is 25.3 Å². The summed E-state index contributed by atoms with van der Waals surface area (Å²) in [5.41, 5.74) is 1.08. The summed E-state index contributed by atoms with van der Waals surface area (Å²) in [7, 11) is 0. The average Bonchev–Trinajstić information content (AvgIpc) is 2.44. The second-order valence-corrected chi connectivity index (χ2v) is 4.53. The monoisotopic (exact) mass is 290 g/mol. The van der Waals surface area contributed by atoms with Crippen LogP contribution in [0.15, 0.2) is 42.5 Å².